The van der Waals surface area contributed by atoms with E-state index in [4.69, 9.17) is 4.74 Å². The normalized spacial score (nSPS) is 11.4. The van der Waals surface area contributed by atoms with Crippen molar-refractivity contribution in [1.29, 1.82) is 0 Å². The van der Waals surface area contributed by atoms with Crippen LogP contribution in [0, 0.1) is 0 Å². The van der Waals surface area contributed by atoms with Crippen molar-refractivity contribution >= 4 is 10.0 Å². The van der Waals surface area contributed by atoms with Crippen molar-refractivity contribution in [2.75, 3.05) is 13.4 Å². The predicted molar refractivity (Wildman–Crippen MR) is 62.3 cm³/mol. The zero-order chi connectivity index (χ0) is 12.5. The SMILES string of the molecule is COc1ccccc1-c1cn(S(C)(=O)=O)nn1. The van der Waals surface area contributed by atoms with Gasteiger partial charge >= 0.3 is 0 Å². The van der Waals surface area contributed by atoms with Gasteiger partial charge in [-0.15, -0.1) is 9.19 Å². The molecule has 1 aromatic carbocycles. The van der Waals surface area contributed by atoms with Crippen molar-refractivity contribution < 1.29 is 13.2 Å². The average Bonchev–Trinajstić information content (AvgIpc) is 2.77. The lowest BCUT2D eigenvalue weighted by Gasteiger charge is -2.03. The maximum atomic E-state index is 11.3. The third-order valence-corrected chi connectivity index (χ3v) is 3.05. The van der Waals surface area contributed by atoms with Crippen molar-refractivity contribution in [2.45, 2.75) is 0 Å². The van der Waals surface area contributed by atoms with E-state index in [1.165, 1.54) is 6.20 Å². The van der Waals surface area contributed by atoms with Gasteiger partial charge in [-0.25, -0.2) is 8.42 Å². The monoisotopic (exact) mass is 253 g/mol. The Morgan fingerprint density at radius 1 is 1.29 bits per heavy atom. The molecule has 0 radical (unpaired) electrons. The number of ether oxygens (including phenoxy) is 1. The van der Waals surface area contributed by atoms with Crippen LogP contribution in [0.15, 0.2) is 30.5 Å². The summed E-state index contributed by atoms with van der Waals surface area (Å²) < 4.78 is 28.5. The molecule has 0 saturated heterocycles. The first-order valence-corrected chi connectivity index (χ1v) is 6.63. The molecule has 0 aliphatic carbocycles. The molecule has 0 amide bonds. The van der Waals surface area contributed by atoms with Gasteiger partial charge in [0.05, 0.1) is 19.6 Å². The lowest BCUT2D eigenvalue weighted by atomic mass is 10.1. The molecule has 17 heavy (non-hydrogen) atoms. The Hall–Kier alpha value is -1.89. The lowest BCUT2D eigenvalue weighted by Crippen LogP contribution is -2.10. The highest BCUT2D eigenvalue weighted by atomic mass is 32.2. The molecule has 90 valence electrons. The van der Waals surface area contributed by atoms with E-state index in [1.807, 2.05) is 12.1 Å². The fraction of sp³-hybridized carbons (Fsp3) is 0.200. The van der Waals surface area contributed by atoms with E-state index >= 15 is 0 Å². The van der Waals surface area contributed by atoms with Gasteiger partial charge < -0.3 is 4.74 Å². The third kappa shape index (κ3) is 2.28. The van der Waals surface area contributed by atoms with Gasteiger partial charge in [0.2, 0.25) is 0 Å². The molecule has 0 unspecified atom stereocenters. The fourth-order valence-corrected chi connectivity index (χ4v) is 1.85. The summed E-state index contributed by atoms with van der Waals surface area (Å²) in [5.74, 6) is 0.619. The quantitative estimate of drug-likeness (QED) is 0.807. The van der Waals surface area contributed by atoms with Crippen molar-refractivity contribution in [2.24, 2.45) is 0 Å². The molecule has 6 nitrogen and oxygen atoms in total. The Bertz CT molecular complexity index is 634. The molecule has 0 N–H and O–H groups in total. The van der Waals surface area contributed by atoms with Crippen LogP contribution in [-0.2, 0) is 10.0 Å². The number of rotatable bonds is 3. The summed E-state index contributed by atoms with van der Waals surface area (Å²) in [6.45, 7) is 0. The number of aromatic nitrogens is 3. The molecule has 0 spiro atoms. The zero-order valence-corrected chi connectivity index (χ0v) is 10.2. The Labute approximate surface area is 98.9 Å². The summed E-state index contributed by atoms with van der Waals surface area (Å²) in [4.78, 5) is 0. The molecule has 0 atom stereocenters. The number of hydrogen-bond acceptors (Lipinski definition) is 5. The summed E-state index contributed by atoms with van der Waals surface area (Å²) >= 11 is 0. The minimum atomic E-state index is -3.41. The summed E-state index contributed by atoms with van der Waals surface area (Å²) in [5, 5.41) is 7.38. The number of hydrogen-bond donors (Lipinski definition) is 0. The van der Waals surface area contributed by atoms with Crippen LogP contribution < -0.4 is 4.74 Å². The van der Waals surface area contributed by atoms with E-state index in [-0.39, 0.29) is 0 Å². The van der Waals surface area contributed by atoms with Crippen LogP contribution in [0.25, 0.3) is 11.3 Å². The first-order valence-electron chi connectivity index (χ1n) is 4.78. The second-order valence-electron chi connectivity index (χ2n) is 3.44. The molecule has 1 aromatic heterocycles. The van der Waals surface area contributed by atoms with Crippen molar-refractivity contribution in [3.8, 4) is 17.0 Å². The van der Waals surface area contributed by atoms with E-state index in [9.17, 15) is 8.42 Å². The number of methoxy groups -OCH3 is 1. The van der Waals surface area contributed by atoms with E-state index in [0.717, 1.165) is 10.3 Å². The van der Waals surface area contributed by atoms with Crippen LogP contribution in [-0.4, -0.2) is 36.2 Å². The van der Waals surface area contributed by atoms with E-state index in [0.29, 0.717) is 17.0 Å². The Kier molecular flexibility index (Phi) is 2.84. The van der Waals surface area contributed by atoms with Gasteiger partial charge in [-0.1, -0.05) is 17.3 Å². The minimum Gasteiger partial charge on any atom is -0.496 e. The largest absolute Gasteiger partial charge is 0.496 e. The second kappa shape index (κ2) is 4.17. The number of benzene rings is 1. The van der Waals surface area contributed by atoms with Crippen molar-refractivity contribution in [1.82, 2.24) is 14.4 Å². The van der Waals surface area contributed by atoms with Gasteiger partial charge in [0.15, 0.2) is 0 Å². The first kappa shape index (κ1) is 11.6. The van der Waals surface area contributed by atoms with Crippen molar-refractivity contribution in [3.63, 3.8) is 0 Å². The molecule has 0 fully saturated rings. The molecule has 0 aliphatic rings. The van der Waals surface area contributed by atoms with Gasteiger partial charge in [-0.05, 0) is 12.1 Å². The fourth-order valence-electron chi connectivity index (χ4n) is 1.39. The second-order valence-corrected chi connectivity index (χ2v) is 5.28. The lowest BCUT2D eigenvalue weighted by molar-refractivity contribution is 0.416. The molecule has 0 saturated carbocycles. The van der Waals surface area contributed by atoms with Crippen LogP contribution >= 0.6 is 0 Å². The van der Waals surface area contributed by atoms with Gasteiger partial charge in [-0.3, -0.25) is 0 Å². The van der Waals surface area contributed by atoms with Crippen molar-refractivity contribution in [3.05, 3.63) is 30.5 Å². The van der Waals surface area contributed by atoms with Gasteiger partial charge in [0, 0.05) is 5.56 Å². The van der Waals surface area contributed by atoms with Gasteiger partial charge in [0.25, 0.3) is 10.0 Å². The third-order valence-electron chi connectivity index (χ3n) is 2.20. The Morgan fingerprint density at radius 2 is 2.00 bits per heavy atom. The smallest absolute Gasteiger partial charge is 0.252 e. The van der Waals surface area contributed by atoms with Crippen LogP contribution in [0.5, 0.6) is 5.75 Å². The highest BCUT2D eigenvalue weighted by Gasteiger charge is 2.13. The standard InChI is InChI=1S/C10H11N3O3S/c1-16-10-6-4-3-5-8(10)9-7-13(12-11-9)17(2,14)15/h3-7H,1-2H3. The van der Waals surface area contributed by atoms with Gasteiger partial charge in [-0.2, -0.15) is 0 Å². The van der Waals surface area contributed by atoms with Crippen LogP contribution in [0.3, 0.4) is 0 Å². The first-order chi connectivity index (χ1) is 8.02. The van der Waals surface area contributed by atoms with E-state index in [1.54, 1.807) is 19.2 Å². The molecular formula is C10H11N3O3S. The maximum Gasteiger partial charge on any atom is 0.252 e. The number of nitrogens with zero attached hydrogens (tertiary/aromatic N) is 3. The maximum absolute atomic E-state index is 11.3. The van der Waals surface area contributed by atoms with Crippen LogP contribution in [0.1, 0.15) is 0 Å². The highest BCUT2D eigenvalue weighted by Crippen LogP contribution is 2.27. The van der Waals surface area contributed by atoms with E-state index < -0.39 is 10.0 Å². The summed E-state index contributed by atoms with van der Waals surface area (Å²) in [5.41, 5.74) is 1.15. The summed E-state index contributed by atoms with van der Waals surface area (Å²) in [6, 6.07) is 7.20. The highest BCUT2D eigenvalue weighted by molar-refractivity contribution is 7.89. The van der Waals surface area contributed by atoms with Crippen LogP contribution in [0.2, 0.25) is 0 Å². The molecule has 0 aliphatic heterocycles. The average molecular weight is 253 g/mol. The topological polar surface area (TPSA) is 74.1 Å². The molecule has 1 heterocycles. The number of para-hydroxylation sites is 1. The zero-order valence-electron chi connectivity index (χ0n) is 9.36. The minimum absolute atomic E-state index is 0.452. The Balaban J connectivity index is 2.51. The molecule has 2 rings (SSSR count). The Morgan fingerprint density at radius 3 is 2.59 bits per heavy atom. The predicted octanol–water partition coefficient (Wildman–Crippen LogP) is 0.761. The van der Waals surface area contributed by atoms with Gasteiger partial charge in [0.1, 0.15) is 11.4 Å². The van der Waals surface area contributed by atoms with E-state index in [2.05, 4.69) is 10.3 Å². The van der Waals surface area contributed by atoms with Crippen LogP contribution in [0.4, 0.5) is 0 Å². The molecule has 7 heteroatoms. The molecule has 2 aromatic rings. The molecule has 0 bridgehead atoms. The summed E-state index contributed by atoms with van der Waals surface area (Å²) in [6.07, 6.45) is 2.42. The molecular weight excluding hydrogens is 242 g/mol. The summed E-state index contributed by atoms with van der Waals surface area (Å²) in [7, 11) is -1.87.